The fraction of sp³-hybridized carbons (Fsp3) is 0.875. The lowest BCUT2D eigenvalue weighted by Gasteiger charge is -2.17. The molecule has 4 nitrogen and oxygen atoms in total. The lowest BCUT2D eigenvalue weighted by Crippen LogP contribution is -2.33. The molecule has 12 heavy (non-hydrogen) atoms. The molecule has 1 rings (SSSR count). The topological polar surface area (TPSA) is 43.8 Å². The van der Waals surface area contributed by atoms with Crippen molar-refractivity contribution in [2.24, 2.45) is 0 Å². The molecule has 1 saturated heterocycles. The van der Waals surface area contributed by atoms with Crippen LogP contribution in [-0.2, 0) is 0 Å². The molecule has 0 bridgehead atoms. The first-order valence-electron chi connectivity index (χ1n) is 4.44. The van der Waals surface area contributed by atoms with Crippen molar-refractivity contribution < 1.29 is 9.90 Å². The number of rotatable bonds is 1. The molecule has 0 atom stereocenters. The van der Waals surface area contributed by atoms with Gasteiger partial charge in [-0.3, -0.25) is 0 Å². The minimum atomic E-state index is -0.784. The van der Waals surface area contributed by atoms with Crippen molar-refractivity contribution in [1.82, 2.24) is 9.80 Å². The van der Waals surface area contributed by atoms with Crippen LogP contribution in [0.4, 0.5) is 4.79 Å². The summed E-state index contributed by atoms with van der Waals surface area (Å²) in [5.74, 6) is 0. The van der Waals surface area contributed by atoms with E-state index in [1.54, 1.807) is 0 Å². The number of likely N-dealkylation sites (N-methyl/N-ethyl adjacent to an activating group) is 1. The fourth-order valence-electron chi connectivity index (χ4n) is 1.48. The van der Waals surface area contributed by atoms with Crippen LogP contribution in [0.15, 0.2) is 0 Å². The first-order valence-corrected chi connectivity index (χ1v) is 4.44. The van der Waals surface area contributed by atoms with E-state index in [2.05, 4.69) is 11.8 Å². The number of amides is 1. The van der Waals surface area contributed by atoms with Crippen molar-refractivity contribution in [2.75, 3.05) is 32.7 Å². The number of hydrogen-bond acceptors (Lipinski definition) is 2. The summed E-state index contributed by atoms with van der Waals surface area (Å²) >= 11 is 0. The molecule has 4 heteroatoms. The van der Waals surface area contributed by atoms with Crippen LogP contribution in [0, 0.1) is 0 Å². The van der Waals surface area contributed by atoms with Crippen LogP contribution < -0.4 is 0 Å². The monoisotopic (exact) mass is 172 g/mol. The van der Waals surface area contributed by atoms with Gasteiger partial charge in [0.1, 0.15) is 0 Å². The molecule has 0 aliphatic carbocycles. The van der Waals surface area contributed by atoms with Gasteiger partial charge in [-0.15, -0.1) is 0 Å². The Morgan fingerprint density at radius 1 is 1.33 bits per heavy atom. The highest BCUT2D eigenvalue weighted by molar-refractivity contribution is 5.64. The summed E-state index contributed by atoms with van der Waals surface area (Å²) < 4.78 is 0. The SMILES string of the molecule is CCN1CCCN(C(=O)O)CC1. The van der Waals surface area contributed by atoms with Crippen LogP contribution >= 0.6 is 0 Å². The first kappa shape index (κ1) is 9.32. The molecule has 1 heterocycles. The van der Waals surface area contributed by atoms with E-state index in [-0.39, 0.29) is 0 Å². The highest BCUT2D eigenvalue weighted by Gasteiger charge is 2.16. The third-order valence-electron chi connectivity index (χ3n) is 2.31. The van der Waals surface area contributed by atoms with Gasteiger partial charge >= 0.3 is 6.09 Å². The summed E-state index contributed by atoms with van der Waals surface area (Å²) in [4.78, 5) is 14.4. The highest BCUT2D eigenvalue weighted by atomic mass is 16.4. The van der Waals surface area contributed by atoms with E-state index in [0.29, 0.717) is 13.1 Å². The second kappa shape index (κ2) is 4.30. The summed E-state index contributed by atoms with van der Waals surface area (Å²) in [6, 6.07) is 0. The Kier molecular flexibility index (Phi) is 3.34. The zero-order chi connectivity index (χ0) is 8.97. The standard InChI is InChI=1S/C8H16N2O2/c1-2-9-4-3-5-10(7-6-9)8(11)12/h2-7H2,1H3,(H,11,12). The predicted molar refractivity (Wildman–Crippen MR) is 46.3 cm³/mol. The molecule has 0 unspecified atom stereocenters. The molecule has 70 valence electrons. The normalized spacial score (nSPS) is 20.6. The zero-order valence-electron chi connectivity index (χ0n) is 7.49. The number of hydrogen-bond donors (Lipinski definition) is 1. The lowest BCUT2D eigenvalue weighted by molar-refractivity contribution is 0.146. The Labute approximate surface area is 72.8 Å². The number of nitrogens with zero attached hydrogens (tertiary/aromatic N) is 2. The molecule has 0 aromatic heterocycles. The number of carboxylic acid groups (broad SMARTS) is 1. The maximum absolute atomic E-state index is 10.6. The lowest BCUT2D eigenvalue weighted by atomic mass is 10.4. The zero-order valence-corrected chi connectivity index (χ0v) is 7.49. The molecule has 0 radical (unpaired) electrons. The largest absolute Gasteiger partial charge is 0.465 e. The van der Waals surface area contributed by atoms with Crippen LogP contribution in [0.25, 0.3) is 0 Å². The van der Waals surface area contributed by atoms with Crippen molar-refractivity contribution in [1.29, 1.82) is 0 Å². The summed E-state index contributed by atoms with van der Waals surface area (Å²) in [6.07, 6.45) is 0.174. The molecule has 1 aliphatic heterocycles. The summed E-state index contributed by atoms with van der Waals surface area (Å²) in [7, 11) is 0. The molecule has 1 fully saturated rings. The van der Waals surface area contributed by atoms with Crippen molar-refractivity contribution in [2.45, 2.75) is 13.3 Å². The minimum absolute atomic E-state index is 0.656. The summed E-state index contributed by atoms with van der Waals surface area (Å²) in [5.41, 5.74) is 0. The van der Waals surface area contributed by atoms with Crippen LogP contribution in [0.2, 0.25) is 0 Å². The Balaban J connectivity index is 2.39. The van der Waals surface area contributed by atoms with Crippen LogP contribution in [0.3, 0.4) is 0 Å². The predicted octanol–water partition coefficient (Wildman–Crippen LogP) is 0.692. The molecule has 0 aromatic carbocycles. The smallest absolute Gasteiger partial charge is 0.407 e. The quantitative estimate of drug-likeness (QED) is 0.633. The van der Waals surface area contributed by atoms with Gasteiger partial charge in [0.25, 0.3) is 0 Å². The summed E-state index contributed by atoms with van der Waals surface area (Å²) in [6.45, 7) is 6.38. The van der Waals surface area contributed by atoms with Gasteiger partial charge in [0.05, 0.1) is 0 Å². The second-order valence-electron chi connectivity index (χ2n) is 3.06. The molecular weight excluding hydrogens is 156 g/mol. The van der Waals surface area contributed by atoms with E-state index >= 15 is 0 Å². The molecule has 1 aliphatic rings. The Morgan fingerprint density at radius 3 is 2.67 bits per heavy atom. The van der Waals surface area contributed by atoms with Gasteiger partial charge in [-0.1, -0.05) is 6.92 Å². The molecule has 0 spiro atoms. The molecule has 0 saturated carbocycles. The molecule has 1 amide bonds. The highest BCUT2D eigenvalue weighted by Crippen LogP contribution is 2.02. The van der Waals surface area contributed by atoms with Gasteiger partial charge in [0.15, 0.2) is 0 Å². The van der Waals surface area contributed by atoms with Crippen LogP contribution in [0.1, 0.15) is 13.3 Å². The van der Waals surface area contributed by atoms with E-state index in [9.17, 15) is 4.79 Å². The molecule has 1 N–H and O–H groups in total. The molecular formula is C8H16N2O2. The van der Waals surface area contributed by atoms with Crippen LogP contribution in [-0.4, -0.2) is 53.7 Å². The van der Waals surface area contributed by atoms with Gasteiger partial charge in [0.2, 0.25) is 0 Å². The van der Waals surface area contributed by atoms with Gasteiger partial charge in [0, 0.05) is 19.6 Å². The second-order valence-corrected chi connectivity index (χ2v) is 3.06. The Hall–Kier alpha value is -0.770. The third kappa shape index (κ3) is 2.37. The van der Waals surface area contributed by atoms with Crippen molar-refractivity contribution >= 4 is 6.09 Å². The van der Waals surface area contributed by atoms with E-state index in [4.69, 9.17) is 5.11 Å². The average Bonchev–Trinajstić information content (AvgIpc) is 2.28. The van der Waals surface area contributed by atoms with Gasteiger partial charge in [-0.2, -0.15) is 0 Å². The summed E-state index contributed by atoms with van der Waals surface area (Å²) in [5, 5.41) is 8.73. The Morgan fingerprint density at radius 2 is 2.08 bits per heavy atom. The van der Waals surface area contributed by atoms with Gasteiger partial charge in [-0.05, 0) is 19.5 Å². The number of carbonyl (C=O) groups is 1. The minimum Gasteiger partial charge on any atom is -0.465 e. The maximum Gasteiger partial charge on any atom is 0.407 e. The Bertz CT molecular complexity index is 161. The third-order valence-corrected chi connectivity index (χ3v) is 2.31. The van der Waals surface area contributed by atoms with E-state index in [1.807, 2.05) is 0 Å². The van der Waals surface area contributed by atoms with E-state index in [1.165, 1.54) is 4.90 Å². The maximum atomic E-state index is 10.6. The van der Waals surface area contributed by atoms with Gasteiger partial charge in [-0.25, -0.2) is 4.79 Å². The van der Waals surface area contributed by atoms with Crippen LogP contribution in [0.5, 0.6) is 0 Å². The fourth-order valence-corrected chi connectivity index (χ4v) is 1.48. The average molecular weight is 172 g/mol. The van der Waals surface area contributed by atoms with Crippen molar-refractivity contribution in [3.8, 4) is 0 Å². The van der Waals surface area contributed by atoms with Gasteiger partial charge < -0.3 is 14.9 Å². The molecule has 0 aromatic rings. The van der Waals surface area contributed by atoms with Crippen molar-refractivity contribution in [3.63, 3.8) is 0 Å². The first-order chi connectivity index (χ1) is 5.74. The van der Waals surface area contributed by atoms with Crippen molar-refractivity contribution in [3.05, 3.63) is 0 Å². The van der Waals surface area contributed by atoms with E-state index < -0.39 is 6.09 Å². The van der Waals surface area contributed by atoms with E-state index in [0.717, 1.165) is 26.1 Å².